The lowest BCUT2D eigenvalue weighted by molar-refractivity contribution is 0.0578. The molecular formula is C33H38BrFN2O6S. The number of carbonyl (C=O) groups excluding carboxylic acids is 2. The van der Waals surface area contributed by atoms with Gasteiger partial charge in [-0.3, -0.25) is 4.90 Å². The van der Waals surface area contributed by atoms with Gasteiger partial charge in [-0.1, -0.05) is 52.9 Å². The Labute approximate surface area is 270 Å². The molecule has 0 aromatic heterocycles. The predicted octanol–water partition coefficient (Wildman–Crippen LogP) is 8.36. The number of hydrogen-bond donors (Lipinski definition) is 0. The monoisotopic (exact) mass is 688 g/mol. The van der Waals surface area contributed by atoms with Crippen LogP contribution in [0.4, 0.5) is 14.9 Å². The highest BCUT2D eigenvalue weighted by Crippen LogP contribution is 2.44. The van der Waals surface area contributed by atoms with E-state index < -0.39 is 39.6 Å². The SMILES string of the molecule is Cc1c(F)c(Br)c(N(CCC=N[S+]([O-])C(C)(C)C)C(=O)OC(C)(C)C)c(OCc2ccccc2)c1C(=O)Oc1ccccc1. The van der Waals surface area contributed by atoms with Crippen LogP contribution in [-0.4, -0.2) is 39.7 Å². The predicted molar refractivity (Wildman–Crippen MR) is 176 cm³/mol. The maximum absolute atomic E-state index is 15.9. The van der Waals surface area contributed by atoms with Crippen molar-refractivity contribution in [3.05, 3.63) is 87.6 Å². The van der Waals surface area contributed by atoms with Crippen molar-refractivity contribution in [2.45, 2.75) is 71.8 Å². The van der Waals surface area contributed by atoms with E-state index in [1.165, 1.54) is 18.0 Å². The molecule has 0 aliphatic heterocycles. The molecule has 0 radical (unpaired) electrons. The third kappa shape index (κ3) is 9.54. The molecule has 0 saturated carbocycles. The van der Waals surface area contributed by atoms with Crippen molar-refractivity contribution >= 4 is 51.3 Å². The second-order valence-corrected chi connectivity index (χ2v) is 14.6. The van der Waals surface area contributed by atoms with Crippen LogP contribution in [0.25, 0.3) is 0 Å². The summed E-state index contributed by atoms with van der Waals surface area (Å²) >= 11 is 1.81. The smallest absolute Gasteiger partial charge is 0.414 e. The largest absolute Gasteiger partial charge is 0.591 e. The number of carbonyl (C=O) groups is 2. The number of ether oxygens (including phenoxy) is 3. The minimum absolute atomic E-state index is 0.00511. The highest BCUT2D eigenvalue weighted by atomic mass is 79.9. The Morgan fingerprint density at radius 2 is 1.61 bits per heavy atom. The standard InChI is InChI=1S/C33H38BrFN2O6S/c1-22-25(30(38)42-24-17-12-9-13-18-24)29(41-21-23-15-10-8-11-16-23)28(26(34)27(22)35)37(31(39)43-32(2,3)4)20-14-19-36-44(40)33(5,6)7/h8-13,15-19H,14,20-21H2,1-7H3. The summed E-state index contributed by atoms with van der Waals surface area (Å²) in [7, 11) is 0. The fraction of sp³-hybridized carbons (Fsp3) is 0.364. The summed E-state index contributed by atoms with van der Waals surface area (Å²) in [6, 6.07) is 17.6. The summed E-state index contributed by atoms with van der Waals surface area (Å²) in [6.07, 6.45) is 0.788. The van der Waals surface area contributed by atoms with Crippen LogP contribution in [0.5, 0.6) is 11.5 Å². The molecule has 3 aromatic carbocycles. The van der Waals surface area contributed by atoms with E-state index in [4.69, 9.17) is 14.2 Å². The lowest BCUT2D eigenvalue weighted by Gasteiger charge is -2.30. The zero-order valence-electron chi connectivity index (χ0n) is 26.0. The Morgan fingerprint density at radius 3 is 2.18 bits per heavy atom. The zero-order chi connectivity index (χ0) is 32.7. The van der Waals surface area contributed by atoms with Gasteiger partial charge >= 0.3 is 12.1 Å². The van der Waals surface area contributed by atoms with Crippen molar-refractivity contribution in [3.8, 4) is 11.5 Å². The normalized spacial score (nSPS) is 12.6. The number of amides is 1. The fourth-order valence-electron chi connectivity index (χ4n) is 3.85. The Balaban J connectivity index is 2.18. The van der Waals surface area contributed by atoms with Crippen LogP contribution >= 0.6 is 15.9 Å². The Hall–Kier alpha value is -3.41. The summed E-state index contributed by atoms with van der Waals surface area (Å²) < 4.78 is 49.4. The van der Waals surface area contributed by atoms with E-state index in [0.717, 1.165) is 5.56 Å². The first-order valence-corrected chi connectivity index (χ1v) is 15.9. The summed E-state index contributed by atoms with van der Waals surface area (Å²) in [5.41, 5.74) is -0.386. The molecule has 0 saturated heterocycles. The summed E-state index contributed by atoms with van der Waals surface area (Å²) in [5, 5.41) is 0. The number of benzene rings is 3. The molecule has 1 unspecified atom stereocenters. The van der Waals surface area contributed by atoms with Gasteiger partial charge in [0.1, 0.15) is 51.1 Å². The highest BCUT2D eigenvalue weighted by Gasteiger charge is 2.35. The van der Waals surface area contributed by atoms with E-state index in [9.17, 15) is 14.1 Å². The van der Waals surface area contributed by atoms with Crippen molar-refractivity contribution in [1.29, 1.82) is 0 Å². The van der Waals surface area contributed by atoms with Crippen LogP contribution in [0.2, 0.25) is 0 Å². The molecule has 0 heterocycles. The van der Waals surface area contributed by atoms with Gasteiger partial charge in [-0.2, -0.15) is 0 Å². The van der Waals surface area contributed by atoms with Crippen molar-refractivity contribution in [2.24, 2.45) is 4.40 Å². The second-order valence-electron chi connectivity index (χ2n) is 11.9. The second kappa shape index (κ2) is 15.0. The quantitative estimate of drug-likeness (QED) is 0.0918. The molecule has 44 heavy (non-hydrogen) atoms. The summed E-state index contributed by atoms with van der Waals surface area (Å²) in [6.45, 7) is 11.9. The Morgan fingerprint density at radius 1 is 1.02 bits per heavy atom. The number of halogens is 2. The molecule has 0 spiro atoms. The van der Waals surface area contributed by atoms with Crippen LogP contribution in [0.1, 0.15) is 69.4 Å². The average molecular weight is 690 g/mol. The Bertz CT molecular complexity index is 1470. The van der Waals surface area contributed by atoms with Crippen molar-refractivity contribution < 1.29 is 32.7 Å². The number of anilines is 1. The van der Waals surface area contributed by atoms with Crippen molar-refractivity contribution in [2.75, 3.05) is 11.4 Å². The highest BCUT2D eigenvalue weighted by molar-refractivity contribution is 9.10. The van der Waals surface area contributed by atoms with Gasteiger partial charge in [0.2, 0.25) is 0 Å². The molecule has 3 rings (SSSR count). The number of para-hydroxylation sites is 1. The first-order valence-electron chi connectivity index (χ1n) is 14.0. The van der Waals surface area contributed by atoms with E-state index in [1.54, 1.807) is 71.9 Å². The molecule has 236 valence electrons. The molecule has 8 nitrogen and oxygen atoms in total. The third-order valence-electron chi connectivity index (χ3n) is 5.99. The molecule has 1 amide bonds. The fourth-order valence-corrected chi connectivity index (χ4v) is 5.10. The Kier molecular flexibility index (Phi) is 12.0. The minimum Gasteiger partial charge on any atom is -0.591 e. The summed E-state index contributed by atoms with van der Waals surface area (Å²) in [4.78, 5) is 28.5. The van der Waals surface area contributed by atoms with E-state index in [0.29, 0.717) is 0 Å². The van der Waals surface area contributed by atoms with Gasteiger partial charge in [-0.15, -0.1) is 0 Å². The molecule has 0 fully saturated rings. The molecule has 1 atom stereocenters. The van der Waals surface area contributed by atoms with Crippen molar-refractivity contribution in [1.82, 2.24) is 0 Å². The first kappa shape index (κ1) is 35.1. The molecule has 0 bridgehead atoms. The maximum Gasteiger partial charge on any atom is 0.414 e. The van der Waals surface area contributed by atoms with Gasteiger partial charge in [-0.25, -0.2) is 14.0 Å². The average Bonchev–Trinajstić information content (AvgIpc) is 2.95. The molecule has 11 heteroatoms. The number of esters is 1. The van der Waals surface area contributed by atoms with Crippen LogP contribution in [0.15, 0.2) is 69.5 Å². The van der Waals surface area contributed by atoms with Crippen LogP contribution in [0, 0.1) is 12.7 Å². The zero-order valence-corrected chi connectivity index (χ0v) is 28.4. The lowest BCUT2D eigenvalue weighted by Crippen LogP contribution is -2.38. The van der Waals surface area contributed by atoms with Gasteiger partial charge in [0.15, 0.2) is 5.75 Å². The van der Waals surface area contributed by atoms with E-state index >= 15 is 4.39 Å². The van der Waals surface area contributed by atoms with Gasteiger partial charge in [0.25, 0.3) is 0 Å². The lowest BCUT2D eigenvalue weighted by atomic mass is 10.0. The van der Waals surface area contributed by atoms with Crippen LogP contribution in [0.3, 0.4) is 0 Å². The van der Waals surface area contributed by atoms with Crippen molar-refractivity contribution in [3.63, 3.8) is 0 Å². The first-order chi connectivity index (χ1) is 20.6. The van der Waals surface area contributed by atoms with Gasteiger partial charge in [0.05, 0.1) is 10.7 Å². The van der Waals surface area contributed by atoms with Crippen LogP contribution < -0.4 is 14.4 Å². The van der Waals surface area contributed by atoms with Crippen LogP contribution in [-0.2, 0) is 22.7 Å². The molecule has 0 aliphatic carbocycles. The maximum atomic E-state index is 15.9. The molecular weight excluding hydrogens is 651 g/mol. The number of hydrogen-bond acceptors (Lipinski definition) is 7. The molecule has 0 aliphatic rings. The topological polar surface area (TPSA) is 100 Å². The minimum atomic E-state index is -1.51. The molecule has 0 N–H and O–H groups in total. The van der Waals surface area contributed by atoms with Gasteiger partial charge in [0, 0.05) is 18.5 Å². The third-order valence-corrected chi connectivity index (χ3v) is 8.10. The number of nitrogens with zero attached hydrogens (tertiary/aromatic N) is 2. The van der Waals surface area contributed by atoms with Gasteiger partial charge in [-0.05, 0) is 82.1 Å². The molecule has 3 aromatic rings. The van der Waals surface area contributed by atoms with E-state index in [-0.39, 0.29) is 52.4 Å². The van der Waals surface area contributed by atoms with E-state index in [1.807, 2.05) is 30.3 Å². The van der Waals surface area contributed by atoms with Gasteiger partial charge < -0.3 is 18.8 Å². The van der Waals surface area contributed by atoms with E-state index in [2.05, 4.69) is 20.3 Å². The number of rotatable bonds is 10. The summed E-state index contributed by atoms with van der Waals surface area (Å²) in [5.74, 6) is -1.46.